The quantitative estimate of drug-likeness (QED) is 0.771. The van der Waals surface area contributed by atoms with Gasteiger partial charge in [0.1, 0.15) is 0 Å². The Hall–Kier alpha value is -0.830. The van der Waals surface area contributed by atoms with Crippen molar-refractivity contribution in [3.63, 3.8) is 0 Å². The first kappa shape index (κ1) is 10.3. The van der Waals surface area contributed by atoms with Gasteiger partial charge < -0.3 is 5.73 Å². The molecule has 1 aromatic heterocycles. The van der Waals surface area contributed by atoms with Gasteiger partial charge in [-0.2, -0.15) is 5.10 Å². The van der Waals surface area contributed by atoms with Gasteiger partial charge in [0.25, 0.3) is 0 Å². The van der Waals surface area contributed by atoms with Gasteiger partial charge in [-0.25, -0.2) is 0 Å². The van der Waals surface area contributed by atoms with Crippen LogP contribution >= 0.6 is 0 Å². The maximum absolute atomic E-state index is 6.11. The molecule has 1 heterocycles. The third-order valence-corrected chi connectivity index (χ3v) is 2.65. The zero-order valence-corrected chi connectivity index (χ0v) is 8.70. The molecule has 0 aliphatic rings. The minimum atomic E-state index is 0.118. The van der Waals surface area contributed by atoms with E-state index in [1.807, 2.05) is 16.9 Å². The highest BCUT2D eigenvalue weighted by Gasteiger charge is 2.16. The first-order valence-electron chi connectivity index (χ1n) is 4.98. The average Bonchev–Trinajstić information content (AvgIpc) is 2.62. The van der Waals surface area contributed by atoms with Gasteiger partial charge in [0.2, 0.25) is 0 Å². The molecule has 0 saturated heterocycles. The summed E-state index contributed by atoms with van der Waals surface area (Å²) in [6.45, 7) is 7.32. The molecule has 0 bridgehead atoms. The molecule has 0 amide bonds. The molecule has 2 atom stereocenters. The maximum atomic E-state index is 6.11. The molecule has 0 radical (unpaired) electrons. The third kappa shape index (κ3) is 2.10. The van der Waals surface area contributed by atoms with Crippen molar-refractivity contribution in [2.75, 3.05) is 0 Å². The summed E-state index contributed by atoms with van der Waals surface area (Å²) >= 11 is 0. The van der Waals surface area contributed by atoms with Crippen molar-refractivity contribution >= 4 is 0 Å². The van der Waals surface area contributed by atoms with E-state index in [0.29, 0.717) is 5.92 Å². The molecular weight excluding hydrogens is 162 g/mol. The first-order chi connectivity index (χ1) is 6.20. The van der Waals surface area contributed by atoms with Crippen LogP contribution in [0.1, 0.15) is 38.9 Å². The fourth-order valence-corrected chi connectivity index (χ4v) is 1.44. The summed E-state index contributed by atoms with van der Waals surface area (Å²) in [5.74, 6) is 0.516. The Kier molecular flexibility index (Phi) is 3.48. The minimum Gasteiger partial charge on any atom is -0.322 e. The van der Waals surface area contributed by atoms with Crippen LogP contribution in [0.15, 0.2) is 12.3 Å². The zero-order chi connectivity index (χ0) is 9.84. The number of hydrogen-bond acceptors (Lipinski definition) is 2. The largest absolute Gasteiger partial charge is 0.322 e. The summed E-state index contributed by atoms with van der Waals surface area (Å²) in [6, 6.07) is 2.13. The summed E-state index contributed by atoms with van der Waals surface area (Å²) in [7, 11) is 0. The molecule has 1 aromatic rings. The Morgan fingerprint density at radius 3 is 2.77 bits per heavy atom. The summed E-state index contributed by atoms with van der Waals surface area (Å²) in [5, 5.41) is 4.21. The molecule has 0 fully saturated rings. The Labute approximate surface area is 79.9 Å². The van der Waals surface area contributed by atoms with Crippen molar-refractivity contribution in [3.8, 4) is 0 Å². The summed E-state index contributed by atoms with van der Waals surface area (Å²) in [4.78, 5) is 0. The summed E-state index contributed by atoms with van der Waals surface area (Å²) in [5.41, 5.74) is 7.26. The van der Waals surface area contributed by atoms with Gasteiger partial charge in [0.05, 0.1) is 5.69 Å². The van der Waals surface area contributed by atoms with Crippen LogP contribution in [0, 0.1) is 5.92 Å². The molecule has 1 rings (SSSR count). The molecule has 0 aliphatic carbocycles. The second-order valence-corrected chi connectivity index (χ2v) is 3.48. The molecule has 13 heavy (non-hydrogen) atoms. The van der Waals surface area contributed by atoms with E-state index in [1.54, 1.807) is 0 Å². The van der Waals surface area contributed by atoms with Crippen LogP contribution in [0.25, 0.3) is 0 Å². The van der Waals surface area contributed by atoms with Crippen molar-refractivity contribution in [2.45, 2.75) is 39.8 Å². The first-order valence-corrected chi connectivity index (χ1v) is 4.98. The van der Waals surface area contributed by atoms with Crippen LogP contribution < -0.4 is 5.73 Å². The highest BCUT2D eigenvalue weighted by Crippen LogP contribution is 2.20. The lowest BCUT2D eigenvalue weighted by Crippen LogP contribution is -2.22. The lowest BCUT2D eigenvalue weighted by molar-refractivity contribution is 0.425. The van der Waals surface area contributed by atoms with Crippen LogP contribution in [0.3, 0.4) is 0 Å². The number of aromatic nitrogens is 2. The predicted molar refractivity (Wildman–Crippen MR) is 54.3 cm³/mol. The number of nitrogens with zero attached hydrogens (tertiary/aromatic N) is 2. The Balaban J connectivity index is 2.81. The van der Waals surface area contributed by atoms with E-state index in [0.717, 1.165) is 18.7 Å². The lowest BCUT2D eigenvalue weighted by atomic mass is 9.97. The van der Waals surface area contributed by atoms with Gasteiger partial charge in [-0.05, 0) is 18.9 Å². The highest BCUT2D eigenvalue weighted by molar-refractivity contribution is 5.07. The lowest BCUT2D eigenvalue weighted by Gasteiger charge is -2.19. The number of rotatable bonds is 4. The van der Waals surface area contributed by atoms with Crippen molar-refractivity contribution in [2.24, 2.45) is 11.7 Å². The van der Waals surface area contributed by atoms with Crippen LogP contribution in [0.5, 0.6) is 0 Å². The van der Waals surface area contributed by atoms with E-state index in [9.17, 15) is 0 Å². The maximum Gasteiger partial charge on any atom is 0.0554 e. The van der Waals surface area contributed by atoms with E-state index < -0.39 is 0 Å². The number of nitrogens with two attached hydrogens (primary N) is 1. The SMILES string of the molecule is CCC(C)C(N)c1ccnn1CC. The Morgan fingerprint density at radius 2 is 2.23 bits per heavy atom. The molecule has 3 heteroatoms. The molecule has 0 aliphatic heterocycles. The van der Waals surface area contributed by atoms with Crippen molar-refractivity contribution < 1.29 is 0 Å². The van der Waals surface area contributed by atoms with E-state index in [4.69, 9.17) is 5.73 Å². The van der Waals surface area contributed by atoms with Crippen molar-refractivity contribution in [1.82, 2.24) is 9.78 Å². The molecule has 3 nitrogen and oxygen atoms in total. The van der Waals surface area contributed by atoms with Gasteiger partial charge in [0.15, 0.2) is 0 Å². The van der Waals surface area contributed by atoms with Crippen LogP contribution in [-0.2, 0) is 6.54 Å². The van der Waals surface area contributed by atoms with Crippen LogP contribution in [0.2, 0.25) is 0 Å². The fraction of sp³-hybridized carbons (Fsp3) is 0.700. The van der Waals surface area contributed by atoms with Gasteiger partial charge in [-0.15, -0.1) is 0 Å². The summed E-state index contributed by atoms with van der Waals surface area (Å²) < 4.78 is 1.97. The van der Waals surface area contributed by atoms with Gasteiger partial charge in [-0.3, -0.25) is 4.68 Å². The highest BCUT2D eigenvalue weighted by atomic mass is 15.3. The third-order valence-electron chi connectivity index (χ3n) is 2.65. The van der Waals surface area contributed by atoms with Crippen molar-refractivity contribution in [1.29, 1.82) is 0 Å². The number of hydrogen-bond donors (Lipinski definition) is 1. The molecule has 0 aromatic carbocycles. The monoisotopic (exact) mass is 181 g/mol. The molecular formula is C10H19N3. The van der Waals surface area contributed by atoms with Crippen LogP contribution in [-0.4, -0.2) is 9.78 Å². The summed E-state index contributed by atoms with van der Waals surface area (Å²) in [6.07, 6.45) is 2.93. The fourth-order valence-electron chi connectivity index (χ4n) is 1.44. The average molecular weight is 181 g/mol. The predicted octanol–water partition coefficient (Wildman–Crippen LogP) is 1.95. The molecule has 74 valence electrons. The minimum absolute atomic E-state index is 0.118. The topological polar surface area (TPSA) is 43.8 Å². The molecule has 0 saturated carbocycles. The van der Waals surface area contributed by atoms with Crippen LogP contribution in [0.4, 0.5) is 0 Å². The Bertz CT molecular complexity index is 254. The normalized spacial score (nSPS) is 15.7. The Morgan fingerprint density at radius 1 is 1.54 bits per heavy atom. The molecule has 2 unspecified atom stereocenters. The molecule has 0 spiro atoms. The van der Waals surface area contributed by atoms with Gasteiger partial charge >= 0.3 is 0 Å². The second kappa shape index (κ2) is 4.42. The van der Waals surface area contributed by atoms with Crippen molar-refractivity contribution in [3.05, 3.63) is 18.0 Å². The van der Waals surface area contributed by atoms with E-state index >= 15 is 0 Å². The molecule has 2 N–H and O–H groups in total. The second-order valence-electron chi connectivity index (χ2n) is 3.48. The van der Waals surface area contributed by atoms with E-state index in [-0.39, 0.29) is 6.04 Å². The zero-order valence-electron chi connectivity index (χ0n) is 8.70. The van der Waals surface area contributed by atoms with E-state index in [2.05, 4.69) is 25.9 Å². The standard InChI is InChI=1S/C10H19N3/c1-4-8(3)10(11)9-6-7-12-13(9)5-2/h6-8,10H,4-5,11H2,1-3H3. The van der Waals surface area contributed by atoms with Gasteiger partial charge in [-0.1, -0.05) is 20.3 Å². The number of aryl methyl sites for hydroxylation is 1. The smallest absolute Gasteiger partial charge is 0.0554 e. The van der Waals surface area contributed by atoms with E-state index in [1.165, 1.54) is 0 Å². The van der Waals surface area contributed by atoms with Gasteiger partial charge in [0, 0.05) is 18.8 Å².